The Labute approximate surface area is 408 Å². The van der Waals surface area contributed by atoms with Gasteiger partial charge in [0.1, 0.15) is 37.1 Å². The Kier molecular flexibility index (Phi) is 16.3. The molecule has 3 aliphatic heterocycles. The second-order valence-corrected chi connectivity index (χ2v) is 22.2. The smallest absolute Gasteiger partial charge is 0.303 e. The number of carbonyl (C=O) groups is 4. The third-order valence-corrected chi connectivity index (χ3v) is 17.2. The molecule has 0 unspecified atom stereocenters. The first-order chi connectivity index (χ1) is 32.9. The molecule has 0 radical (unpaired) electrons. The standard InChI is InChI=1S/C54H78O15/c1-29(2)14-13-15-30(3)39-20-21-40-38-19-18-36-26-37(22-24-53(36,8)41(38)23-25-54(39,40)9)65-51-47(44(59)45-42(66-51)28-61-50(68-45)35-16-11-10-12-17-35)69-52-49(64-34(7)58)48(63-33(6)57)46(62-32(5)56)43(67-52)27-60-31(4)55/h10-12,16-18,29-30,37-52,59H,13-15,19-28H2,1-9H3/t30-,37+,38+,39-,40+,41+,42-,43-,44+,45-,46+,47-,48+,49-,50-,51-,52+,53+,54-/m1/s1. The highest BCUT2D eigenvalue weighted by atomic mass is 16.8. The molecule has 1 aromatic carbocycles. The number of fused-ring (bicyclic) bond motifs is 6. The summed E-state index contributed by atoms with van der Waals surface area (Å²) in [6.45, 7) is 16.6. The molecule has 15 heteroatoms. The molecule has 0 amide bonds. The highest BCUT2D eigenvalue weighted by Gasteiger charge is 2.61. The monoisotopic (exact) mass is 967 g/mol. The van der Waals surface area contributed by atoms with Crippen molar-refractivity contribution in [1.82, 2.24) is 0 Å². The van der Waals surface area contributed by atoms with Gasteiger partial charge < -0.3 is 52.5 Å². The van der Waals surface area contributed by atoms with Crippen molar-refractivity contribution in [3.63, 3.8) is 0 Å². The molecule has 8 rings (SSSR count). The molecule has 15 nitrogen and oxygen atoms in total. The van der Waals surface area contributed by atoms with E-state index < -0.39 is 98.2 Å². The third-order valence-electron chi connectivity index (χ3n) is 17.2. The summed E-state index contributed by atoms with van der Waals surface area (Å²) in [7, 11) is 0. The van der Waals surface area contributed by atoms with Crippen molar-refractivity contribution >= 4 is 23.9 Å². The minimum Gasteiger partial charge on any atom is -0.463 e. The number of hydrogen-bond acceptors (Lipinski definition) is 15. The van der Waals surface area contributed by atoms with Gasteiger partial charge in [-0.15, -0.1) is 0 Å². The maximum absolute atomic E-state index is 12.8. The van der Waals surface area contributed by atoms with Crippen molar-refractivity contribution in [3.05, 3.63) is 47.5 Å². The summed E-state index contributed by atoms with van der Waals surface area (Å²) in [5, 5.41) is 12.5. The van der Waals surface area contributed by atoms with Gasteiger partial charge in [0.25, 0.3) is 0 Å². The van der Waals surface area contributed by atoms with Gasteiger partial charge in [0.2, 0.25) is 0 Å². The number of ether oxygens (including phenoxy) is 10. The average Bonchev–Trinajstić information content (AvgIpc) is 3.66. The molecular weight excluding hydrogens is 889 g/mol. The Morgan fingerprint density at radius 1 is 0.754 bits per heavy atom. The number of aliphatic hydroxyl groups is 1. The number of aliphatic hydroxyl groups excluding tert-OH is 1. The lowest BCUT2D eigenvalue weighted by atomic mass is 9.47. The highest BCUT2D eigenvalue weighted by Crippen LogP contribution is 2.67. The van der Waals surface area contributed by atoms with E-state index in [1.807, 2.05) is 30.3 Å². The van der Waals surface area contributed by atoms with E-state index in [9.17, 15) is 24.3 Å². The first-order valence-corrected chi connectivity index (χ1v) is 25.8. The number of hydrogen-bond donors (Lipinski definition) is 1. The van der Waals surface area contributed by atoms with E-state index in [1.165, 1.54) is 57.4 Å². The van der Waals surface area contributed by atoms with Crippen LogP contribution in [0.4, 0.5) is 0 Å². The molecule has 4 aliphatic carbocycles. The molecule has 7 aliphatic rings. The van der Waals surface area contributed by atoms with E-state index in [1.54, 1.807) is 0 Å². The molecule has 1 aromatic rings. The van der Waals surface area contributed by atoms with Crippen LogP contribution in [0.25, 0.3) is 0 Å². The van der Waals surface area contributed by atoms with E-state index in [2.05, 4.69) is 40.7 Å². The van der Waals surface area contributed by atoms with Crippen LogP contribution in [0.1, 0.15) is 145 Å². The number of rotatable bonds is 15. The predicted octanol–water partition coefficient (Wildman–Crippen LogP) is 8.08. The molecule has 0 aromatic heterocycles. The van der Waals surface area contributed by atoms with E-state index in [0.717, 1.165) is 69.3 Å². The Morgan fingerprint density at radius 3 is 2.14 bits per heavy atom. The van der Waals surface area contributed by atoms with Crippen LogP contribution < -0.4 is 0 Å². The first-order valence-electron chi connectivity index (χ1n) is 25.8. The van der Waals surface area contributed by atoms with Gasteiger partial charge in [0, 0.05) is 33.3 Å². The summed E-state index contributed by atoms with van der Waals surface area (Å²) in [6.07, 6.45) is 1.09. The van der Waals surface area contributed by atoms with Crippen LogP contribution in [-0.4, -0.2) is 110 Å². The van der Waals surface area contributed by atoms with Crippen molar-refractivity contribution < 1.29 is 71.7 Å². The van der Waals surface area contributed by atoms with Crippen LogP contribution in [0, 0.1) is 46.3 Å². The van der Waals surface area contributed by atoms with Crippen LogP contribution in [0.15, 0.2) is 42.0 Å². The van der Waals surface area contributed by atoms with Gasteiger partial charge in [-0.25, -0.2) is 0 Å². The number of esters is 4. The van der Waals surface area contributed by atoms with Crippen LogP contribution in [0.3, 0.4) is 0 Å². The Bertz CT molecular complexity index is 1990. The van der Waals surface area contributed by atoms with Gasteiger partial charge in [0.05, 0.1) is 12.7 Å². The van der Waals surface area contributed by atoms with E-state index in [4.69, 9.17) is 47.4 Å². The van der Waals surface area contributed by atoms with Crippen LogP contribution in [-0.2, 0) is 66.5 Å². The number of allylic oxidation sites excluding steroid dienone is 1. The normalized spacial score (nSPS) is 41.0. The second-order valence-electron chi connectivity index (χ2n) is 22.2. The lowest BCUT2D eigenvalue weighted by Gasteiger charge is -2.58. The summed E-state index contributed by atoms with van der Waals surface area (Å²) in [4.78, 5) is 49.9. The lowest BCUT2D eigenvalue weighted by molar-refractivity contribution is -0.397. The van der Waals surface area contributed by atoms with Gasteiger partial charge in [-0.2, -0.15) is 0 Å². The van der Waals surface area contributed by atoms with E-state index in [-0.39, 0.29) is 18.1 Å². The predicted molar refractivity (Wildman–Crippen MR) is 249 cm³/mol. The first kappa shape index (κ1) is 51.9. The zero-order valence-electron chi connectivity index (χ0n) is 42.2. The third kappa shape index (κ3) is 11.1. The summed E-state index contributed by atoms with van der Waals surface area (Å²) in [6, 6.07) is 9.35. The Balaban J connectivity index is 1.04. The van der Waals surface area contributed by atoms with Crippen molar-refractivity contribution in [1.29, 1.82) is 0 Å². The van der Waals surface area contributed by atoms with Gasteiger partial charge >= 0.3 is 23.9 Å². The second kappa shape index (κ2) is 21.7. The Morgan fingerprint density at radius 2 is 1.45 bits per heavy atom. The number of carbonyl (C=O) groups excluding carboxylic acids is 4. The van der Waals surface area contributed by atoms with Crippen LogP contribution in [0.2, 0.25) is 0 Å². The zero-order valence-corrected chi connectivity index (χ0v) is 42.2. The fourth-order valence-corrected chi connectivity index (χ4v) is 14.0. The zero-order chi connectivity index (χ0) is 49.4. The van der Waals surface area contributed by atoms with Crippen LogP contribution in [0.5, 0.6) is 0 Å². The van der Waals surface area contributed by atoms with Crippen LogP contribution >= 0.6 is 0 Å². The summed E-state index contributed by atoms with van der Waals surface area (Å²) in [5.74, 6) is 1.33. The lowest BCUT2D eigenvalue weighted by Crippen LogP contribution is -2.67. The summed E-state index contributed by atoms with van der Waals surface area (Å²) >= 11 is 0. The molecule has 3 heterocycles. The quantitative estimate of drug-likeness (QED) is 0.101. The minimum absolute atomic E-state index is 0.0465. The van der Waals surface area contributed by atoms with Gasteiger partial charge in [-0.3, -0.25) is 19.2 Å². The molecule has 0 spiro atoms. The summed E-state index contributed by atoms with van der Waals surface area (Å²) < 4.78 is 61.7. The van der Waals surface area contributed by atoms with Crippen molar-refractivity contribution in [2.24, 2.45) is 46.3 Å². The SMILES string of the molecule is CC(=O)OC[C@H]1O[C@@H](O[C@H]2[C@H](O[C@H]3CC[C@@]4(C)C(=CC[C@H]5[C@@H]6CC[C@H]([C@H](C)CCCC(C)C)[C@@]6(C)CC[C@@H]54)C3)O[C@@H]3CO[C@@H](c4ccccc4)O[C@H]3[C@@H]2O)[C@H](OC(C)=O)[C@@H](OC(C)=O)[C@H]1OC(C)=O. The molecule has 19 atom stereocenters. The largest absolute Gasteiger partial charge is 0.463 e. The molecular formula is C54H78O15. The van der Waals surface area contributed by atoms with Gasteiger partial charge in [0.15, 0.2) is 37.2 Å². The molecule has 384 valence electrons. The average molecular weight is 967 g/mol. The maximum Gasteiger partial charge on any atom is 0.303 e. The Hall–Kier alpha value is -3.44. The molecule has 6 fully saturated rings. The maximum atomic E-state index is 12.8. The van der Waals surface area contributed by atoms with E-state index >= 15 is 0 Å². The number of benzene rings is 1. The molecule has 69 heavy (non-hydrogen) atoms. The van der Waals surface area contributed by atoms with Crippen molar-refractivity contribution in [2.75, 3.05) is 13.2 Å². The van der Waals surface area contributed by atoms with Gasteiger partial charge in [-0.1, -0.05) is 95.9 Å². The van der Waals surface area contributed by atoms with Gasteiger partial charge in [-0.05, 0) is 97.7 Å². The van der Waals surface area contributed by atoms with E-state index in [0.29, 0.717) is 23.7 Å². The fourth-order valence-electron chi connectivity index (χ4n) is 14.0. The topological polar surface area (TPSA) is 181 Å². The van der Waals surface area contributed by atoms with Crippen molar-refractivity contribution in [2.45, 2.75) is 207 Å². The fraction of sp³-hybridized carbons (Fsp3) is 0.778. The highest BCUT2D eigenvalue weighted by molar-refractivity contribution is 5.68. The molecule has 3 saturated carbocycles. The van der Waals surface area contributed by atoms with Crippen molar-refractivity contribution in [3.8, 4) is 0 Å². The minimum atomic E-state index is -1.59. The molecule has 3 saturated heterocycles. The summed E-state index contributed by atoms with van der Waals surface area (Å²) in [5.41, 5.74) is 2.59. The molecule has 0 bridgehead atoms. The molecule has 1 N–H and O–H groups in total.